The van der Waals surface area contributed by atoms with E-state index < -0.39 is 0 Å². The van der Waals surface area contributed by atoms with Gasteiger partial charge in [-0.1, -0.05) is 61.0 Å². The zero-order valence-corrected chi connectivity index (χ0v) is 18.3. The first kappa shape index (κ1) is 20.5. The van der Waals surface area contributed by atoms with Crippen molar-refractivity contribution in [2.45, 2.75) is 19.4 Å². The van der Waals surface area contributed by atoms with Gasteiger partial charge in [0.25, 0.3) is 5.91 Å². The third kappa shape index (κ3) is 3.60. The standard InChI is InChI=1S/C25H22ClFN4O/c1-16-23(25(32)29-30-15-14-17-6-2-4-8-21(17)30)28-31(22-9-5-3-7-20(22)26)24(16)18-10-12-19(27)13-11-18/h2-13,16,24H,14-15H2,1H3,(H,29,32)/t16-,24+/m1/s1. The number of hydrogen-bond donors (Lipinski definition) is 1. The first-order valence-corrected chi connectivity index (χ1v) is 10.9. The van der Waals surface area contributed by atoms with Gasteiger partial charge >= 0.3 is 0 Å². The lowest BCUT2D eigenvalue weighted by Gasteiger charge is -2.27. The average Bonchev–Trinajstić information content (AvgIpc) is 3.36. The molecule has 2 aliphatic rings. The first-order chi connectivity index (χ1) is 15.5. The van der Waals surface area contributed by atoms with Gasteiger partial charge in [0.15, 0.2) is 0 Å². The molecule has 5 nitrogen and oxygen atoms in total. The Morgan fingerprint density at radius 2 is 1.72 bits per heavy atom. The number of benzene rings is 3. The van der Waals surface area contributed by atoms with Gasteiger partial charge in [0.05, 0.1) is 22.4 Å². The van der Waals surface area contributed by atoms with Crippen molar-refractivity contribution >= 4 is 34.6 Å². The third-order valence-electron chi connectivity index (χ3n) is 6.05. The second-order valence-corrected chi connectivity index (χ2v) is 8.44. The molecule has 32 heavy (non-hydrogen) atoms. The molecule has 3 aromatic rings. The number of rotatable bonds is 4. The number of hydrazone groups is 1. The van der Waals surface area contributed by atoms with Crippen LogP contribution in [0.1, 0.15) is 24.1 Å². The molecule has 0 saturated carbocycles. The van der Waals surface area contributed by atoms with E-state index in [1.807, 2.05) is 48.3 Å². The number of carbonyl (C=O) groups excluding carboxylic acids is 1. The Bertz CT molecular complexity index is 1200. The van der Waals surface area contributed by atoms with Gasteiger partial charge in [-0.15, -0.1) is 0 Å². The van der Waals surface area contributed by atoms with Crippen molar-refractivity contribution in [1.82, 2.24) is 5.43 Å². The van der Waals surface area contributed by atoms with Gasteiger partial charge in [-0.25, -0.2) is 4.39 Å². The number of halogens is 2. The lowest BCUT2D eigenvalue weighted by atomic mass is 9.91. The molecule has 1 amide bonds. The molecule has 0 spiro atoms. The Hall–Kier alpha value is -3.38. The van der Waals surface area contributed by atoms with Crippen LogP contribution in [-0.2, 0) is 11.2 Å². The molecule has 2 heterocycles. The van der Waals surface area contributed by atoms with Gasteiger partial charge in [0.1, 0.15) is 11.5 Å². The molecule has 7 heteroatoms. The molecule has 2 aliphatic heterocycles. The highest BCUT2D eigenvalue weighted by atomic mass is 35.5. The van der Waals surface area contributed by atoms with E-state index in [1.54, 1.807) is 23.2 Å². The van der Waals surface area contributed by atoms with E-state index in [1.165, 1.54) is 17.7 Å². The average molecular weight is 449 g/mol. The summed E-state index contributed by atoms with van der Waals surface area (Å²) >= 11 is 6.47. The number of fused-ring (bicyclic) bond motifs is 1. The fraction of sp³-hybridized carbons (Fsp3) is 0.200. The number of nitrogens with one attached hydrogen (secondary N) is 1. The second-order valence-electron chi connectivity index (χ2n) is 8.04. The van der Waals surface area contributed by atoms with Gasteiger partial charge in [0, 0.05) is 12.5 Å². The molecular formula is C25H22ClFN4O. The number of hydrazine groups is 1. The van der Waals surface area contributed by atoms with E-state index in [-0.39, 0.29) is 23.7 Å². The summed E-state index contributed by atoms with van der Waals surface area (Å²) in [5.74, 6) is -0.805. The number of para-hydroxylation sites is 2. The summed E-state index contributed by atoms with van der Waals surface area (Å²) < 4.78 is 13.6. The summed E-state index contributed by atoms with van der Waals surface area (Å²) in [6.45, 7) is 2.67. The summed E-state index contributed by atoms with van der Waals surface area (Å²) in [7, 11) is 0. The smallest absolute Gasteiger partial charge is 0.285 e. The number of anilines is 2. The molecule has 0 saturated heterocycles. The minimum Gasteiger partial charge on any atom is -0.285 e. The predicted octanol–water partition coefficient (Wildman–Crippen LogP) is 5.13. The number of amides is 1. The maximum atomic E-state index is 13.6. The van der Waals surface area contributed by atoms with Crippen LogP contribution in [-0.4, -0.2) is 18.2 Å². The van der Waals surface area contributed by atoms with Crippen LogP contribution >= 0.6 is 11.6 Å². The molecule has 0 bridgehead atoms. The van der Waals surface area contributed by atoms with Gasteiger partial charge in [-0.05, 0) is 47.9 Å². The van der Waals surface area contributed by atoms with Crippen LogP contribution in [0.15, 0.2) is 77.9 Å². The highest BCUT2D eigenvalue weighted by Gasteiger charge is 2.40. The monoisotopic (exact) mass is 448 g/mol. The van der Waals surface area contributed by atoms with Crippen molar-refractivity contribution in [3.05, 3.63) is 94.8 Å². The highest BCUT2D eigenvalue weighted by Crippen LogP contribution is 2.41. The van der Waals surface area contributed by atoms with Gasteiger partial charge in [-0.2, -0.15) is 5.10 Å². The quantitative estimate of drug-likeness (QED) is 0.602. The van der Waals surface area contributed by atoms with Crippen LogP contribution in [0.3, 0.4) is 0 Å². The zero-order valence-electron chi connectivity index (χ0n) is 17.5. The van der Waals surface area contributed by atoms with E-state index >= 15 is 0 Å². The Morgan fingerprint density at radius 3 is 2.47 bits per heavy atom. The van der Waals surface area contributed by atoms with Crippen molar-refractivity contribution in [2.75, 3.05) is 16.6 Å². The fourth-order valence-corrected chi connectivity index (χ4v) is 4.67. The summed E-state index contributed by atoms with van der Waals surface area (Å²) in [6, 6.07) is 21.4. The first-order valence-electron chi connectivity index (χ1n) is 10.6. The summed E-state index contributed by atoms with van der Waals surface area (Å²) in [4.78, 5) is 13.3. The van der Waals surface area contributed by atoms with Crippen LogP contribution in [0.2, 0.25) is 5.02 Å². The lowest BCUT2D eigenvalue weighted by molar-refractivity contribution is -0.115. The molecule has 0 fully saturated rings. The van der Waals surface area contributed by atoms with E-state index in [9.17, 15) is 9.18 Å². The van der Waals surface area contributed by atoms with Crippen molar-refractivity contribution in [3.63, 3.8) is 0 Å². The van der Waals surface area contributed by atoms with Crippen molar-refractivity contribution < 1.29 is 9.18 Å². The lowest BCUT2D eigenvalue weighted by Crippen LogP contribution is -2.45. The fourth-order valence-electron chi connectivity index (χ4n) is 4.45. The Labute approximate surface area is 191 Å². The van der Waals surface area contributed by atoms with E-state index in [0.29, 0.717) is 23.0 Å². The van der Waals surface area contributed by atoms with E-state index in [4.69, 9.17) is 16.7 Å². The van der Waals surface area contributed by atoms with Crippen molar-refractivity contribution in [2.24, 2.45) is 11.0 Å². The van der Waals surface area contributed by atoms with E-state index in [0.717, 1.165) is 17.7 Å². The Kier molecular flexibility index (Phi) is 5.31. The Morgan fingerprint density at radius 1 is 1.03 bits per heavy atom. The molecule has 5 rings (SSSR count). The maximum absolute atomic E-state index is 13.6. The van der Waals surface area contributed by atoms with Crippen molar-refractivity contribution in [3.8, 4) is 0 Å². The Balaban J connectivity index is 1.48. The van der Waals surface area contributed by atoms with Crippen LogP contribution in [0, 0.1) is 11.7 Å². The molecule has 1 N–H and O–H groups in total. The van der Waals surface area contributed by atoms with Crippen LogP contribution in [0.4, 0.5) is 15.8 Å². The number of nitrogens with zero attached hydrogens (tertiary/aromatic N) is 3. The minimum absolute atomic E-state index is 0.241. The predicted molar refractivity (Wildman–Crippen MR) is 125 cm³/mol. The molecule has 0 aromatic heterocycles. The normalized spacial score (nSPS) is 19.7. The topological polar surface area (TPSA) is 47.9 Å². The summed E-state index contributed by atoms with van der Waals surface area (Å²) in [5.41, 5.74) is 7.19. The second kappa shape index (κ2) is 8.28. The zero-order chi connectivity index (χ0) is 22.2. The van der Waals surface area contributed by atoms with E-state index in [2.05, 4.69) is 11.5 Å². The minimum atomic E-state index is -0.310. The van der Waals surface area contributed by atoms with Crippen LogP contribution in [0.5, 0.6) is 0 Å². The van der Waals surface area contributed by atoms with Gasteiger partial charge in [-0.3, -0.25) is 20.2 Å². The number of carbonyl (C=O) groups is 1. The maximum Gasteiger partial charge on any atom is 0.286 e. The number of hydrogen-bond acceptors (Lipinski definition) is 4. The van der Waals surface area contributed by atoms with Crippen LogP contribution < -0.4 is 15.4 Å². The van der Waals surface area contributed by atoms with Gasteiger partial charge < -0.3 is 0 Å². The van der Waals surface area contributed by atoms with Gasteiger partial charge in [0.2, 0.25) is 0 Å². The molecule has 162 valence electrons. The van der Waals surface area contributed by atoms with Crippen LogP contribution in [0.25, 0.3) is 0 Å². The molecule has 0 unspecified atom stereocenters. The largest absolute Gasteiger partial charge is 0.286 e. The molecule has 0 aliphatic carbocycles. The summed E-state index contributed by atoms with van der Waals surface area (Å²) in [5, 5.41) is 8.89. The molecule has 3 aromatic carbocycles. The van der Waals surface area contributed by atoms with Crippen molar-refractivity contribution in [1.29, 1.82) is 0 Å². The summed E-state index contributed by atoms with van der Waals surface area (Å²) in [6.07, 6.45) is 0.877. The molecule has 2 atom stereocenters. The molecule has 0 radical (unpaired) electrons. The third-order valence-corrected chi connectivity index (χ3v) is 6.37. The SMILES string of the molecule is C[C@@H]1C(C(=O)NN2CCc3ccccc32)=NN(c2ccccc2Cl)[C@@H]1c1ccc(F)cc1. The highest BCUT2D eigenvalue weighted by molar-refractivity contribution is 6.41. The molecular weight excluding hydrogens is 427 g/mol.